The minimum atomic E-state index is -0.776. The Kier molecular flexibility index (Phi) is 4.35. The van der Waals surface area contributed by atoms with E-state index in [0.717, 1.165) is 15.8 Å². The number of benzene rings is 1. The van der Waals surface area contributed by atoms with E-state index in [0.29, 0.717) is 0 Å². The van der Waals surface area contributed by atoms with Crippen molar-refractivity contribution in [1.29, 1.82) is 0 Å². The van der Waals surface area contributed by atoms with Gasteiger partial charge in [0.15, 0.2) is 0 Å². The first-order valence-electron chi connectivity index (χ1n) is 5.53. The van der Waals surface area contributed by atoms with Crippen LogP contribution in [0.25, 0.3) is 5.69 Å². The van der Waals surface area contributed by atoms with E-state index >= 15 is 0 Å². The average molecular weight is 312 g/mol. The molecule has 18 heavy (non-hydrogen) atoms. The Balaban J connectivity index is 2.20. The summed E-state index contributed by atoms with van der Waals surface area (Å²) in [7, 11) is 0. The Hall–Kier alpha value is -1.37. The molecule has 0 saturated heterocycles. The number of nitrogens with one attached hydrogen (secondary N) is 1. The van der Waals surface area contributed by atoms with Crippen LogP contribution in [0.4, 0.5) is 5.69 Å². The second-order valence-electron chi connectivity index (χ2n) is 3.84. The van der Waals surface area contributed by atoms with E-state index in [-0.39, 0.29) is 13.2 Å². The zero-order chi connectivity index (χ0) is 13.0. The lowest BCUT2D eigenvalue weighted by molar-refractivity contribution is 0.105. The van der Waals surface area contributed by atoms with Gasteiger partial charge < -0.3 is 15.5 Å². The minimum Gasteiger partial charge on any atom is -0.394 e. The monoisotopic (exact) mass is 311 g/mol. The summed E-state index contributed by atoms with van der Waals surface area (Å²) in [5, 5.41) is 25.4. The van der Waals surface area contributed by atoms with E-state index in [1.165, 1.54) is 0 Å². The topological polar surface area (TPSA) is 70.3 Å². The fraction of sp³-hybridized carbons (Fsp3) is 0.250. The van der Waals surface area contributed by atoms with Crippen LogP contribution >= 0.6 is 15.9 Å². The van der Waals surface area contributed by atoms with Gasteiger partial charge in [-0.1, -0.05) is 12.1 Å². The highest BCUT2D eigenvalue weighted by atomic mass is 79.9. The summed E-state index contributed by atoms with van der Waals surface area (Å²) in [6, 6.07) is 7.64. The smallest absolute Gasteiger partial charge is 0.0942 e. The Morgan fingerprint density at radius 2 is 2.17 bits per heavy atom. The highest BCUT2D eigenvalue weighted by Gasteiger charge is 2.07. The van der Waals surface area contributed by atoms with Crippen LogP contribution < -0.4 is 5.32 Å². The molecular weight excluding hydrogens is 298 g/mol. The summed E-state index contributed by atoms with van der Waals surface area (Å²) in [6.07, 6.45) is 2.78. The van der Waals surface area contributed by atoms with Gasteiger partial charge >= 0.3 is 0 Å². The minimum absolute atomic E-state index is 0.261. The highest BCUT2D eigenvalue weighted by molar-refractivity contribution is 9.10. The molecule has 1 aromatic carbocycles. The fourth-order valence-electron chi connectivity index (χ4n) is 1.55. The maximum absolute atomic E-state index is 9.34. The normalized spacial score (nSPS) is 12.4. The van der Waals surface area contributed by atoms with Gasteiger partial charge in [-0.3, -0.25) is 0 Å². The Labute approximate surface area is 113 Å². The third-order valence-corrected chi connectivity index (χ3v) is 2.85. The molecule has 0 bridgehead atoms. The van der Waals surface area contributed by atoms with Gasteiger partial charge in [-0.15, -0.1) is 0 Å². The van der Waals surface area contributed by atoms with Crippen LogP contribution in [-0.2, 0) is 0 Å². The van der Waals surface area contributed by atoms with Crippen molar-refractivity contribution in [1.82, 2.24) is 9.78 Å². The van der Waals surface area contributed by atoms with Crippen molar-refractivity contribution in [2.24, 2.45) is 0 Å². The molecule has 1 unspecified atom stereocenters. The van der Waals surface area contributed by atoms with E-state index < -0.39 is 6.10 Å². The van der Waals surface area contributed by atoms with Crippen LogP contribution in [0.3, 0.4) is 0 Å². The number of aliphatic hydroxyl groups excluding tert-OH is 2. The summed E-state index contributed by atoms with van der Waals surface area (Å²) in [5.74, 6) is 0. The second kappa shape index (κ2) is 5.99. The third-order valence-electron chi connectivity index (χ3n) is 2.44. The van der Waals surface area contributed by atoms with E-state index in [1.54, 1.807) is 10.9 Å². The van der Waals surface area contributed by atoms with Gasteiger partial charge in [0.25, 0.3) is 0 Å². The van der Waals surface area contributed by atoms with E-state index in [1.807, 2.05) is 30.5 Å². The number of para-hydroxylation sites is 2. The van der Waals surface area contributed by atoms with Crippen molar-refractivity contribution >= 4 is 21.6 Å². The molecule has 0 aliphatic heterocycles. The molecule has 3 N–H and O–H groups in total. The molecule has 0 aliphatic rings. The van der Waals surface area contributed by atoms with Gasteiger partial charge in [0.1, 0.15) is 0 Å². The number of hydrogen-bond acceptors (Lipinski definition) is 4. The maximum atomic E-state index is 9.34. The molecule has 96 valence electrons. The molecule has 1 aromatic heterocycles. The summed E-state index contributed by atoms with van der Waals surface area (Å²) in [4.78, 5) is 0. The molecule has 2 aromatic rings. The molecular formula is C12H14BrN3O2. The number of aromatic nitrogens is 2. The van der Waals surface area contributed by atoms with Crippen molar-refractivity contribution in [3.63, 3.8) is 0 Å². The quantitative estimate of drug-likeness (QED) is 0.780. The lowest BCUT2D eigenvalue weighted by atomic mass is 10.2. The van der Waals surface area contributed by atoms with Gasteiger partial charge in [-0.2, -0.15) is 5.10 Å². The van der Waals surface area contributed by atoms with Crippen LogP contribution in [0.15, 0.2) is 41.1 Å². The number of nitrogens with zero attached hydrogens (tertiary/aromatic N) is 2. The molecule has 0 radical (unpaired) electrons. The standard InChI is InChI=1S/C12H14BrN3O2/c13-9-5-15-16(7-9)12-4-2-1-3-11(12)14-6-10(18)8-17/h1-5,7,10,14,17-18H,6,8H2. The summed E-state index contributed by atoms with van der Waals surface area (Å²) >= 11 is 3.35. The molecule has 0 fully saturated rings. The van der Waals surface area contributed by atoms with Gasteiger partial charge in [0.2, 0.25) is 0 Å². The molecule has 0 saturated carbocycles. The number of halogens is 1. The molecule has 0 aliphatic carbocycles. The number of rotatable bonds is 5. The first-order valence-corrected chi connectivity index (χ1v) is 6.32. The van der Waals surface area contributed by atoms with Gasteiger partial charge in [0, 0.05) is 12.7 Å². The van der Waals surface area contributed by atoms with Crippen molar-refractivity contribution in [2.45, 2.75) is 6.10 Å². The first-order chi connectivity index (χ1) is 8.70. The number of anilines is 1. The number of hydrogen-bond donors (Lipinski definition) is 3. The van der Waals surface area contributed by atoms with Crippen LogP contribution in [0.5, 0.6) is 0 Å². The summed E-state index contributed by atoms with van der Waals surface area (Å²) in [5.41, 5.74) is 1.73. The highest BCUT2D eigenvalue weighted by Crippen LogP contribution is 2.20. The molecule has 0 spiro atoms. The van der Waals surface area contributed by atoms with Crippen LogP contribution in [0, 0.1) is 0 Å². The Morgan fingerprint density at radius 3 is 2.83 bits per heavy atom. The number of aliphatic hydroxyl groups is 2. The molecule has 2 rings (SSSR count). The third kappa shape index (κ3) is 3.10. The van der Waals surface area contributed by atoms with Crippen molar-refractivity contribution < 1.29 is 10.2 Å². The average Bonchev–Trinajstić information content (AvgIpc) is 2.83. The predicted molar refractivity (Wildman–Crippen MR) is 72.8 cm³/mol. The maximum Gasteiger partial charge on any atom is 0.0942 e. The van der Waals surface area contributed by atoms with Crippen LogP contribution in [-0.4, -0.2) is 39.2 Å². The van der Waals surface area contributed by atoms with Crippen LogP contribution in [0.1, 0.15) is 0 Å². The van der Waals surface area contributed by atoms with E-state index in [9.17, 15) is 5.11 Å². The van der Waals surface area contributed by atoms with Crippen molar-refractivity contribution in [3.8, 4) is 5.69 Å². The summed E-state index contributed by atoms with van der Waals surface area (Å²) < 4.78 is 2.63. The molecule has 6 heteroatoms. The zero-order valence-corrected chi connectivity index (χ0v) is 11.2. The second-order valence-corrected chi connectivity index (χ2v) is 4.75. The SMILES string of the molecule is OCC(O)CNc1ccccc1-n1cc(Br)cn1. The molecule has 1 heterocycles. The first kappa shape index (κ1) is 13.1. The molecule has 5 nitrogen and oxygen atoms in total. The van der Waals surface area contributed by atoms with E-state index in [4.69, 9.17) is 5.11 Å². The molecule has 1 atom stereocenters. The Morgan fingerprint density at radius 1 is 1.39 bits per heavy atom. The van der Waals surface area contributed by atoms with Crippen molar-refractivity contribution in [3.05, 3.63) is 41.1 Å². The molecule has 0 amide bonds. The largest absolute Gasteiger partial charge is 0.394 e. The van der Waals surface area contributed by atoms with Gasteiger partial charge in [-0.25, -0.2) is 4.68 Å². The Bertz CT molecular complexity index is 516. The van der Waals surface area contributed by atoms with Gasteiger partial charge in [-0.05, 0) is 28.1 Å². The van der Waals surface area contributed by atoms with Gasteiger partial charge in [0.05, 0.1) is 34.8 Å². The lowest BCUT2D eigenvalue weighted by Crippen LogP contribution is -2.23. The van der Waals surface area contributed by atoms with Crippen LogP contribution in [0.2, 0.25) is 0 Å². The van der Waals surface area contributed by atoms with Crippen molar-refractivity contribution in [2.75, 3.05) is 18.5 Å². The fourth-order valence-corrected chi connectivity index (χ4v) is 1.83. The van der Waals surface area contributed by atoms with E-state index in [2.05, 4.69) is 26.3 Å². The summed E-state index contributed by atoms with van der Waals surface area (Å²) in [6.45, 7) is 0.0262. The zero-order valence-electron chi connectivity index (χ0n) is 9.62. The lowest BCUT2D eigenvalue weighted by Gasteiger charge is -2.14. The predicted octanol–water partition coefficient (Wildman–Crippen LogP) is 1.40.